The van der Waals surface area contributed by atoms with Crippen molar-refractivity contribution in [3.63, 3.8) is 0 Å². The summed E-state index contributed by atoms with van der Waals surface area (Å²) in [5.74, 6) is 0.847. The Morgan fingerprint density at radius 3 is 2.25 bits per heavy atom. The Morgan fingerprint density at radius 1 is 1.04 bits per heavy atom. The molecule has 24 heavy (non-hydrogen) atoms. The second kappa shape index (κ2) is 6.57. The SMILES string of the molecule is COc1cccc(-c2c(O)c(C)c(C)c(O)c2C=CC(C)(C)O)c1. The average Bonchev–Trinajstić information content (AvgIpc) is 2.54. The fraction of sp³-hybridized carbons (Fsp3) is 0.300. The molecule has 0 heterocycles. The second-order valence-corrected chi connectivity index (χ2v) is 6.45. The number of hydrogen-bond donors (Lipinski definition) is 3. The molecule has 2 rings (SSSR count). The fourth-order valence-electron chi connectivity index (χ4n) is 2.51. The lowest BCUT2D eigenvalue weighted by molar-refractivity contribution is 0.134. The molecule has 3 N–H and O–H groups in total. The first kappa shape index (κ1) is 17.9. The molecule has 4 heteroatoms. The van der Waals surface area contributed by atoms with Crippen molar-refractivity contribution >= 4 is 6.08 Å². The highest BCUT2D eigenvalue weighted by Gasteiger charge is 2.20. The Morgan fingerprint density at radius 2 is 1.67 bits per heavy atom. The van der Waals surface area contributed by atoms with Gasteiger partial charge in [-0.3, -0.25) is 0 Å². The molecule has 0 aromatic heterocycles. The van der Waals surface area contributed by atoms with E-state index < -0.39 is 5.60 Å². The fourth-order valence-corrected chi connectivity index (χ4v) is 2.51. The maximum atomic E-state index is 10.7. The van der Waals surface area contributed by atoms with Crippen molar-refractivity contribution in [3.8, 4) is 28.4 Å². The summed E-state index contributed by atoms with van der Waals surface area (Å²) < 4.78 is 5.25. The first-order chi connectivity index (χ1) is 11.2. The van der Waals surface area contributed by atoms with E-state index in [2.05, 4.69) is 0 Å². The highest BCUT2D eigenvalue weighted by Crippen LogP contribution is 2.44. The van der Waals surface area contributed by atoms with Crippen LogP contribution in [-0.2, 0) is 0 Å². The van der Waals surface area contributed by atoms with E-state index in [1.54, 1.807) is 53.0 Å². The lowest BCUT2D eigenvalue weighted by Crippen LogP contribution is -2.13. The van der Waals surface area contributed by atoms with Crippen molar-refractivity contribution in [3.05, 3.63) is 47.0 Å². The summed E-state index contributed by atoms with van der Waals surface area (Å²) in [4.78, 5) is 0. The van der Waals surface area contributed by atoms with Crippen molar-refractivity contribution in [1.29, 1.82) is 0 Å². The van der Waals surface area contributed by atoms with E-state index >= 15 is 0 Å². The number of phenols is 2. The van der Waals surface area contributed by atoms with Crippen LogP contribution in [0.25, 0.3) is 17.2 Å². The molecule has 0 spiro atoms. The molecule has 0 saturated heterocycles. The zero-order valence-corrected chi connectivity index (χ0v) is 14.7. The number of phenolic OH excluding ortho intramolecular Hbond substituents is 2. The molecule has 4 nitrogen and oxygen atoms in total. The summed E-state index contributed by atoms with van der Waals surface area (Å²) in [5, 5.41) is 31.2. The van der Waals surface area contributed by atoms with Crippen LogP contribution in [0.3, 0.4) is 0 Å². The number of hydrogen-bond acceptors (Lipinski definition) is 4. The van der Waals surface area contributed by atoms with Gasteiger partial charge in [-0.25, -0.2) is 0 Å². The number of aliphatic hydroxyl groups is 1. The van der Waals surface area contributed by atoms with Gasteiger partial charge in [-0.15, -0.1) is 0 Å². The predicted molar refractivity (Wildman–Crippen MR) is 96.6 cm³/mol. The topological polar surface area (TPSA) is 69.9 Å². The molecule has 0 radical (unpaired) electrons. The smallest absolute Gasteiger partial charge is 0.127 e. The molecule has 2 aromatic rings. The van der Waals surface area contributed by atoms with Crippen LogP contribution in [0.5, 0.6) is 17.2 Å². The van der Waals surface area contributed by atoms with Gasteiger partial charge in [0.25, 0.3) is 0 Å². The number of rotatable bonds is 4. The number of aromatic hydroxyl groups is 2. The quantitative estimate of drug-likeness (QED) is 0.737. The Kier molecular flexibility index (Phi) is 4.90. The molecular weight excluding hydrogens is 304 g/mol. The number of benzene rings is 2. The Bertz CT molecular complexity index is 783. The van der Waals surface area contributed by atoms with E-state index in [-0.39, 0.29) is 11.5 Å². The lowest BCUT2D eigenvalue weighted by Gasteiger charge is -2.18. The van der Waals surface area contributed by atoms with Gasteiger partial charge >= 0.3 is 0 Å². The van der Waals surface area contributed by atoms with Gasteiger partial charge in [-0.1, -0.05) is 24.3 Å². The molecule has 0 atom stereocenters. The molecule has 128 valence electrons. The third-order valence-electron chi connectivity index (χ3n) is 4.05. The van der Waals surface area contributed by atoms with Crippen LogP contribution in [0.2, 0.25) is 0 Å². The third kappa shape index (κ3) is 3.54. The lowest BCUT2D eigenvalue weighted by atomic mass is 9.91. The van der Waals surface area contributed by atoms with Crippen LogP contribution >= 0.6 is 0 Å². The van der Waals surface area contributed by atoms with E-state index in [0.29, 0.717) is 28.0 Å². The normalized spacial score (nSPS) is 11.9. The van der Waals surface area contributed by atoms with Crippen LogP contribution in [0, 0.1) is 13.8 Å². The van der Waals surface area contributed by atoms with Gasteiger partial charge in [0.05, 0.1) is 12.7 Å². The number of methoxy groups -OCH3 is 1. The minimum Gasteiger partial charge on any atom is -0.507 e. The van der Waals surface area contributed by atoms with Crippen molar-refractivity contribution in [1.82, 2.24) is 0 Å². The van der Waals surface area contributed by atoms with Crippen molar-refractivity contribution in [2.75, 3.05) is 7.11 Å². The largest absolute Gasteiger partial charge is 0.507 e. The Balaban J connectivity index is 2.79. The maximum Gasteiger partial charge on any atom is 0.127 e. The predicted octanol–water partition coefficient (Wildman–Crippen LogP) is 4.17. The standard InChI is InChI=1S/C20H24O4/c1-12-13(2)19(22)17(14-7-6-8-15(11-14)24-5)16(18(12)21)9-10-20(3,4)23/h6-11,21-23H,1-5H3. The first-order valence-electron chi connectivity index (χ1n) is 7.77. The van der Waals surface area contributed by atoms with E-state index in [1.165, 1.54) is 0 Å². The molecule has 0 aliphatic heterocycles. The minimum absolute atomic E-state index is 0.0867. The van der Waals surface area contributed by atoms with Crippen LogP contribution < -0.4 is 4.74 Å². The second-order valence-electron chi connectivity index (χ2n) is 6.45. The summed E-state index contributed by atoms with van der Waals surface area (Å²) in [6, 6.07) is 7.27. The molecule has 0 aliphatic rings. The molecule has 0 saturated carbocycles. The van der Waals surface area contributed by atoms with E-state index in [0.717, 1.165) is 5.56 Å². The van der Waals surface area contributed by atoms with Crippen LogP contribution in [-0.4, -0.2) is 28.0 Å². The van der Waals surface area contributed by atoms with E-state index in [4.69, 9.17) is 4.74 Å². The zero-order valence-electron chi connectivity index (χ0n) is 14.7. The van der Waals surface area contributed by atoms with Crippen molar-refractivity contribution < 1.29 is 20.1 Å². The third-order valence-corrected chi connectivity index (χ3v) is 4.05. The monoisotopic (exact) mass is 328 g/mol. The summed E-state index contributed by atoms with van der Waals surface area (Å²) in [5.41, 5.74) is 1.88. The van der Waals surface area contributed by atoms with Crippen molar-refractivity contribution in [2.24, 2.45) is 0 Å². The minimum atomic E-state index is -1.04. The molecule has 0 unspecified atom stereocenters. The van der Waals surface area contributed by atoms with Gasteiger partial charge in [0, 0.05) is 11.1 Å². The summed E-state index contributed by atoms with van der Waals surface area (Å²) >= 11 is 0. The van der Waals surface area contributed by atoms with Gasteiger partial charge in [0.1, 0.15) is 17.2 Å². The summed E-state index contributed by atoms with van der Waals surface area (Å²) in [6.07, 6.45) is 3.22. The van der Waals surface area contributed by atoms with Gasteiger partial charge in [-0.2, -0.15) is 0 Å². The molecule has 0 bridgehead atoms. The Hall–Kier alpha value is -2.46. The first-order valence-corrected chi connectivity index (χ1v) is 7.77. The van der Waals surface area contributed by atoms with Gasteiger partial charge < -0.3 is 20.1 Å². The van der Waals surface area contributed by atoms with Crippen LogP contribution in [0.1, 0.15) is 30.5 Å². The zero-order chi connectivity index (χ0) is 18.1. The Labute approximate surface area is 142 Å². The highest BCUT2D eigenvalue weighted by atomic mass is 16.5. The number of ether oxygens (including phenoxy) is 1. The van der Waals surface area contributed by atoms with E-state index in [9.17, 15) is 15.3 Å². The molecule has 0 aliphatic carbocycles. The molecule has 0 amide bonds. The molecule has 2 aromatic carbocycles. The maximum absolute atomic E-state index is 10.7. The average molecular weight is 328 g/mol. The van der Waals surface area contributed by atoms with Crippen LogP contribution in [0.15, 0.2) is 30.3 Å². The molecular formula is C20H24O4. The van der Waals surface area contributed by atoms with Gasteiger partial charge in [0.2, 0.25) is 0 Å². The molecule has 0 fully saturated rings. The van der Waals surface area contributed by atoms with Crippen LogP contribution in [0.4, 0.5) is 0 Å². The summed E-state index contributed by atoms with van der Waals surface area (Å²) in [6.45, 7) is 6.80. The highest BCUT2D eigenvalue weighted by molar-refractivity contribution is 5.86. The summed E-state index contributed by atoms with van der Waals surface area (Å²) in [7, 11) is 1.58. The van der Waals surface area contributed by atoms with Gasteiger partial charge in [-0.05, 0) is 56.5 Å². The van der Waals surface area contributed by atoms with Crippen molar-refractivity contribution in [2.45, 2.75) is 33.3 Å². The van der Waals surface area contributed by atoms with E-state index in [1.807, 2.05) is 18.2 Å². The van der Waals surface area contributed by atoms with Gasteiger partial charge in [0.15, 0.2) is 0 Å².